The van der Waals surface area contributed by atoms with E-state index in [1.165, 1.54) is 12.1 Å². The fourth-order valence-corrected chi connectivity index (χ4v) is 4.55. The normalized spacial score (nSPS) is 17.4. The molecule has 0 aromatic heterocycles. The van der Waals surface area contributed by atoms with Crippen LogP contribution in [0, 0.1) is 6.92 Å². The number of sulfonamides is 1. The topological polar surface area (TPSA) is 119 Å². The summed E-state index contributed by atoms with van der Waals surface area (Å²) in [6, 6.07) is 11.0. The summed E-state index contributed by atoms with van der Waals surface area (Å²) in [4.78, 5) is 29.4. The average molecular weight is 436 g/mol. The number of halogens is 1. The number of oxime groups is 1. The fraction of sp³-hybridized carbons (Fsp3) is 0.211. The Kier molecular flexibility index (Phi) is 5.90. The third kappa shape index (κ3) is 4.41. The van der Waals surface area contributed by atoms with Crippen molar-refractivity contribution in [1.29, 1.82) is 0 Å². The number of carbonyl (C=O) groups excluding carboxylic acids is 2. The first kappa shape index (κ1) is 20.8. The van der Waals surface area contributed by atoms with Crippen molar-refractivity contribution < 1.29 is 22.8 Å². The number of amidine groups is 1. The minimum absolute atomic E-state index is 0.000865. The van der Waals surface area contributed by atoms with E-state index in [2.05, 4.69) is 5.16 Å². The molecule has 1 aliphatic rings. The molecule has 3 rings (SSSR count). The Morgan fingerprint density at radius 1 is 1.17 bits per heavy atom. The van der Waals surface area contributed by atoms with Gasteiger partial charge in [-0.25, -0.2) is 17.5 Å². The van der Waals surface area contributed by atoms with Crippen molar-refractivity contribution in [2.24, 2.45) is 10.9 Å². The molecule has 2 aromatic carbocycles. The Morgan fingerprint density at radius 2 is 1.79 bits per heavy atom. The van der Waals surface area contributed by atoms with E-state index in [0.717, 1.165) is 5.56 Å². The van der Waals surface area contributed by atoms with E-state index in [-0.39, 0.29) is 23.6 Å². The number of hydrogen-bond acceptors (Lipinski definition) is 6. The van der Waals surface area contributed by atoms with Crippen LogP contribution in [0.15, 0.2) is 58.6 Å². The third-order valence-corrected chi connectivity index (χ3v) is 6.48. The molecule has 29 heavy (non-hydrogen) atoms. The van der Waals surface area contributed by atoms with Crippen molar-refractivity contribution in [3.63, 3.8) is 0 Å². The monoisotopic (exact) mass is 435 g/mol. The predicted molar refractivity (Wildman–Crippen MR) is 107 cm³/mol. The van der Waals surface area contributed by atoms with Gasteiger partial charge in [0.05, 0.1) is 4.90 Å². The van der Waals surface area contributed by atoms with Gasteiger partial charge in [0.25, 0.3) is 10.0 Å². The zero-order valence-electron chi connectivity index (χ0n) is 15.4. The molecule has 0 bridgehead atoms. The molecule has 10 heteroatoms. The molecular weight excluding hydrogens is 418 g/mol. The maximum Gasteiger partial charge on any atom is 0.358 e. The summed E-state index contributed by atoms with van der Waals surface area (Å²) < 4.78 is 26.3. The molecule has 2 N–H and O–H groups in total. The smallest absolute Gasteiger partial charge is 0.358 e. The first-order valence-corrected chi connectivity index (χ1v) is 10.5. The van der Waals surface area contributed by atoms with Gasteiger partial charge in [-0.2, -0.15) is 0 Å². The van der Waals surface area contributed by atoms with E-state index in [4.69, 9.17) is 22.2 Å². The van der Waals surface area contributed by atoms with Crippen LogP contribution in [0.2, 0.25) is 5.02 Å². The summed E-state index contributed by atoms with van der Waals surface area (Å²) in [6.45, 7) is 1.81. The highest BCUT2D eigenvalue weighted by atomic mass is 35.5. The highest BCUT2D eigenvalue weighted by molar-refractivity contribution is 7.89. The molecule has 1 amide bonds. The molecule has 2 aromatic rings. The van der Waals surface area contributed by atoms with Gasteiger partial charge < -0.3 is 10.6 Å². The lowest BCUT2D eigenvalue weighted by Gasteiger charge is -2.22. The van der Waals surface area contributed by atoms with Crippen molar-refractivity contribution in [3.05, 3.63) is 64.7 Å². The first-order valence-electron chi connectivity index (χ1n) is 8.64. The number of carbonyl (C=O) groups is 2. The first-order chi connectivity index (χ1) is 13.7. The molecule has 152 valence electrons. The number of aryl methyl sites for hydroxylation is 1. The molecule has 1 aliphatic heterocycles. The third-order valence-electron chi connectivity index (χ3n) is 4.38. The second-order valence-corrected chi connectivity index (χ2v) is 8.71. The molecule has 8 nitrogen and oxygen atoms in total. The Hall–Kier alpha value is -2.91. The van der Waals surface area contributed by atoms with Crippen LogP contribution >= 0.6 is 11.6 Å². The quantitative estimate of drug-likeness (QED) is 0.333. The lowest BCUT2D eigenvalue weighted by Crippen LogP contribution is -2.43. The molecule has 1 fully saturated rings. The van der Waals surface area contributed by atoms with Crippen molar-refractivity contribution in [2.75, 3.05) is 0 Å². The van der Waals surface area contributed by atoms with Crippen LogP contribution in [0.1, 0.15) is 24.0 Å². The molecule has 0 spiro atoms. The molecule has 1 heterocycles. The largest absolute Gasteiger partial charge is 0.380 e. The summed E-state index contributed by atoms with van der Waals surface area (Å²) in [5.74, 6) is -1.75. The minimum Gasteiger partial charge on any atom is -0.380 e. The zero-order valence-corrected chi connectivity index (χ0v) is 17.0. The summed E-state index contributed by atoms with van der Waals surface area (Å²) in [7, 11) is -4.21. The number of nitrogens with zero attached hydrogens (tertiary/aromatic N) is 2. The van der Waals surface area contributed by atoms with Gasteiger partial charge in [0.1, 0.15) is 6.04 Å². The summed E-state index contributed by atoms with van der Waals surface area (Å²) in [6.07, 6.45) is -0.0969. The highest BCUT2D eigenvalue weighted by Gasteiger charge is 2.45. The number of amides is 1. The molecular formula is C19H18ClN3O5S. The Labute approximate surface area is 172 Å². The van der Waals surface area contributed by atoms with Gasteiger partial charge in [-0.15, -0.1) is 0 Å². The van der Waals surface area contributed by atoms with Crippen LogP contribution in [0.4, 0.5) is 0 Å². The van der Waals surface area contributed by atoms with Gasteiger partial charge in [0.15, 0.2) is 5.84 Å². The van der Waals surface area contributed by atoms with E-state index < -0.39 is 27.9 Å². The van der Waals surface area contributed by atoms with E-state index in [0.29, 0.717) is 14.9 Å². The standard InChI is InChI=1S/C19H18ClN3O5S/c1-12-2-8-15(9-3-12)29(26,27)23-16(10-11-17(23)24)19(25)28-22-18(21)13-4-6-14(20)7-5-13/h2-9,16H,10-11H2,1H3,(H2,21,22)/t16-/m1/s1. The predicted octanol–water partition coefficient (Wildman–Crippen LogP) is 2.19. The van der Waals surface area contributed by atoms with Crippen LogP contribution in [0.3, 0.4) is 0 Å². The fourth-order valence-electron chi connectivity index (χ4n) is 2.83. The van der Waals surface area contributed by atoms with Crippen molar-refractivity contribution in [3.8, 4) is 0 Å². The van der Waals surface area contributed by atoms with Crippen LogP contribution in [-0.4, -0.2) is 36.5 Å². The van der Waals surface area contributed by atoms with Crippen LogP contribution in [0.5, 0.6) is 0 Å². The van der Waals surface area contributed by atoms with Crippen LogP contribution in [-0.2, 0) is 24.4 Å². The van der Waals surface area contributed by atoms with Crippen molar-refractivity contribution >= 4 is 39.3 Å². The number of rotatable bonds is 5. The maximum atomic E-state index is 12.9. The number of benzene rings is 2. The number of hydrogen-bond donors (Lipinski definition) is 1. The van der Waals surface area contributed by atoms with Crippen molar-refractivity contribution in [1.82, 2.24) is 4.31 Å². The lowest BCUT2D eigenvalue weighted by molar-refractivity contribution is -0.149. The van der Waals surface area contributed by atoms with Gasteiger partial charge >= 0.3 is 5.97 Å². The van der Waals surface area contributed by atoms with Gasteiger partial charge in [-0.3, -0.25) is 4.79 Å². The van der Waals surface area contributed by atoms with E-state index >= 15 is 0 Å². The maximum absolute atomic E-state index is 12.9. The summed E-state index contributed by atoms with van der Waals surface area (Å²) in [5, 5.41) is 4.06. The highest BCUT2D eigenvalue weighted by Crippen LogP contribution is 2.28. The minimum atomic E-state index is -4.21. The average Bonchev–Trinajstić information content (AvgIpc) is 3.09. The van der Waals surface area contributed by atoms with E-state index in [9.17, 15) is 18.0 Å². The molecule has 1 saturated heterocycles. The molecule has 0 unspecified atom stereocenters. The van der Waals surface area contributed by atoms with Crippen LogP contribution < -0.4 is 5.73 Å². The van der Waals surface area contributed by atoms with Gasteiger partial charge in [-0.1, -0.05) is 34.5 Å². The molecule has 0 saturated carbocycles. The Morgan fingerprint density at radius 3 is 2.41 bits per heavy atom. The summed E-state index contributed by atoms with van der Waals surface area (Å²) >= 11 is 5.80. The Bertz CT molecular complexity index is 1070. The zero-order chi connectivity index (χ0) is 21.2. The van der Waals surface area contributed by atoms with E-state index in [1.807, 2.05) is 0 Å². The van der Waals surface area contributed by atoms with Crippen LogP contribution in [0.25, 0.3) is 0 Å². The molecule has 0 aliphatic carbocycles. The Balaban J connectivity index is 1.80. The van der Waals surface area contributed by atoms with Gasteiger partial charge in [-0.05, 0) is 49.7 Å². The summed E-state index contributed by atoms with van der Waals surface area (Å²) in [5.41, 5.74) is 7.10. The van der Waals surface area contributed by atoms with E-state index in [1.54, 1.807) is 43.3 Å². The van der Waals surface area contributed by atoms with Gasteiger partial charge in [0.2, 0.25) is 5.91 Å². The molecule has 0 radical (unpaired) electrons. The SMILES string of the molecule is Cc1ccc(S(=O)(=O)N2C(=O)CC[C@@H]2C(=O)ON=C(N)c2ccc(Cl)cc2)cc1. The van der Waals surface area contributed by atoms with Gasteiger partial charge in [0, 0.05) is 17.0 Å². The lowest BCUT2D eigenvalue weighted by atomic mass is 10.2. The number of nitrogens with two attached hydrogens (primary N) is 1. The second kappa shape index (κ2) is 8.22. The second-order valence-electron chi connectivity index (χ2n) is 6.46. The van der Waals surface area contributed by atoms with Crippen molar-refractivity contribution in [2.45, 2.75) is 30.7 Å². The molecule has 1 atom stereocenters.